The number of hydrogen-bond acceptors (Lipinski definition) is 2. The zero-order chi connectivity index (χ0) is 8.23. The van der Waals surface area contributed by atoms with Crippen molar-refractivity contribution in [1.29, 1.82) is 0 Å². The fourth-order valence-corrected chi connectivity index (χ4v) is 1.87. The minimum atomic E-state index is 0.644. The molecule has 0 aromatic heterocycles. The smallest absolute Gasteiger partial charge is 0.0529 e. The van der Waals surface area contributed by atoms with E-state index >= 15 is 0 Å². The normalized spacial score (nSPS) is 36.7. The van der Waals surface area contributed by atoms with Crippen molar-refractivity contribution >= 4 is 0 Å². The molecule has 0 aromatic rings. The predicted molar refractivity (Wildman–Crippen MR) is 49.1 cm³/mol. The van der Waals surface area contributed by atoms with Crippen molar-refractivity contribution in [3.63, 3.8) is 0 Å². The van der Waals surface area contributed by atoms with Crippen molar-refractivity contribution < 1.29 is 4.74 Å². The first-order valence-electron chi connectivity index (χ1n) is 4.94. The topological polar surface area (TPSA) is 21.3 Å². The second kappa shape index (κ2) is 4.06. The molecule has 2 fully saturated rings. The van der Waals surface area contributed by atoms with Gasteiger partial charge in [0.2, 0.25) is 0 Å². The summed E-state index contributed by atoms with van der Waals surface area (Å²) >= 11 is 0. The van der Waals surface area contributed by atoms with E-state index in [0.717, 1.165) is 13.2 Å². The first kappa shape index (κ1) is 8.27. The molecule has 12 heavy (non-hydrogen) atoms. The SMILES string of the molecule is C(=C\C1CCCN1)/C1CCOC1. The Bertz CT molecular complexity index is 137. The van der Waals surface area contributed by atoms with Crippen molar-refractivity contribution in [3.05, 3.63) is 12.2 Å². The van der Waals surface area contributed by atoms with E-state index in [9.17, 15) is 0 Å². The molecular weight excluding hydrogens is 150 g/mol. The van der Waals surface area contributed by atoms with Gasteiger partial charge in [0.25, 0.3) is 0 Å². The minimum absolute atomic E-state index is 0.644. The Balaban J connectivity index is 1.75. The highest BCUT2D eigenvalue weighted by Crippen LogP contribution is 2.15. The zero-order valence-electron chi connectivity index (χ0n) is 7.46. The fourth-order valence-electron chi connectivity index (χ4n) is 1.87. The Morgan fingerprint density at radius 3 is 2.92 bits per heavy atom. The van der Waals surface area contributed by atoms with Gasteiger partial charge in [0.1, 0.15) is 0 Å². The van der Waals surface area contributed by atoms with E-state index in [2.05, 4.69) is 17.5 Å². The van der Waals surface area contributed by atoms with Gasteiger partial charge in [-0.15, -0.1) is 0 Å². The fraction of sp³-hybridized carbons (Fsp3) is 0.800. The lowest BCUT2D eigenvalue weighted by Gasteiger charge is -2.04. The van der Waals surface area contributed by atoms with E-state index in [0.29, 0.717) is 12.0 Å². The number of rotatable bonds is 2. The second-order valence-electron chi connectivity index (χ2n) is 3.71. The average molecular weight is 167 g/mol. The number of hydrogen-bond donors (Lipinski definition) is 1. The lowest BCUT2D eigenvalue weighted by atomic mass is 10.1. The van der Waals surface area contributed by atoms with E-state index in [1.54, 1.807) is 0 Å². The summed E-state index contributed by atoms with van der Waals surface area (Å²) in [6.07, 6.45) is 8.51. The number of ether oxygens (including phenoxy) is 1. The van der Waals surface area contributed by atoms with E-state index in [1.807, 2.05) is 0 Å². The molecule has 2 atom stereocenters. The Labute approximate surface area is 74.0 Å². The van der Waals surface area contributed by atoms with Gasteiger partial charge in [-0.2, -0.15) is 0 Å². The van der Waals surface area contributed by atoms with Crippen molar-refractivity contribution in [2.45, 2.75) is 25.3 Å². The Morgan fingerprint density at radius 2 is 2.25 bits per heavy atom. The van der Waals surface area contributed by atoms with Crippen LogP contribution in [0.25, 0.3) is 0 Å². The summed E-state index contributed by atoms with van der Waals surface area (Å²) in [4.78, 5) is 0. The van der Waals surface area contributed by atoms with Crippen LogP contribution in [0.2, 0.25) is 0 Å². The van der Waals surface area contributed by atoms with Crippen molar-refractivity contribution in [2.75, 3.05) is 19.8 Å². The molecule has 0 saturated carbocycles. The molecule has 0 amide bonds. The highest BCUT2D eigenvalue weighted by molar-refractivity contribution is 4.99. The van der Waals surface area contributed by atoms with Crippen LogP contribution >= 0.6 is 0 Å². The van der Waals surface area contributed by atoms with Crippen LogP contribution in [-0.2, 0) is 4.74 Å². The summed E-state index contributed by atoms with van der Waals surface area (Å²) < 4.78 is 5.30. The van der Waals surface area contributed by atoms with Crippen LogP contribution in [0.5, 0.6) is 0 Å². The monoisotopic (exact) mass is 167 g/mol. The van der Waals surface area contributed by atoms with Gasteiger partial charge < -0.3 is 10.1 Å². The minimum Gasteiger partial charge on any atom is -0.381 e. The Hall–Kier alpha value is -0.340. The third-order valence-electron chi connectivity index (χ3n) is 2.68. The lowest BCUT2D eigenvalue weighted by molar-refractivity contribution is 0.191. The van der Waals surface area contributed by atoms with Gasteiger partial charge >= 0.3 is 0 Å². The third kappa shape index (κ3) is 2.08. The van der Waals surface area contributed by atoms with Crippen LogP contribution in [0.3, 0.4) is 0 Å². The maximum absolute atomic E-state index is 5.30. The summed E-state index contributed by atoms with van der Waals surface area (Å²) in [6, 6.07) is 0.644. The Kier molecular flexibility index (Phi) is 2.79. The summed E-state index contributed by atoms with van der Waals surface area (Å²) in [5, 5.41) is 3.45. The molecule has 0 spiro atoms. The Morgan fingerprint density at radius 1 is 1.25 bits per heavy atom. The van der Waals surface area contributed by atoms with E-state index in [1.165, 1.54) is 25.8 Å². The van der Waals surface area contributed by atoms with Crippen LogP contribution in [0, 0.1) is 5.92 Å². The van der Waals surface area contributed by atoms with Gasteiger partial charge in [0, 0.05) is 18.6 Å². The first-order valence-corrected chi connectivity index (χ1v) is 4.94. The molecule has 2 aliphatic heterocycles. The molecule has 0 aliphatic carbocycles. The summed E-state index contributed by atoms with van der Waals surface area (Å²) in [5.74, 6) is 0.687. The van der Waals surface area contributed by atoms with E-state index in [-0.39, 0.29) is 0 Å². The molecule has 1 N–H and O–H groups in total. The van der Waals surface area contributed by atoms with Crippen LogP contribution in [0.1, 0.15) is 19.3 Å². The van der Waals surface area contributed by atoms with Gasteiger partial charge in [0.15, 0.2) is 0 Å². The molecule has 0 bridgehead atoms. The standard InChI is InChI=1S/C10H17NO/c1-2-10(11-6-1)4-3-9-5-7-12-8-9/h3-4,9-11H,1-2,5-8H2/b4-3+. The molecule has 2 aliphatic rings. The zero-order valence-corrected chi connectivity index (χ0v) is 7.46. The molecule has 2 unspecified atom stereocenters. The first-order chi connectivity index (χ1) is 5.95. The second-order valence-corrected chi connectivity index (χ2v) is 3.71. The van der Waals surface area contributed by atoms with Gasteiger partial charge in [-0.05, 0) is 25.8 Å². The predicted octanol–water partition coefficient (Wildman–Crippen LogP) is 1.33. The highest BCUT2D eigenvalue weighted by Gasteiger charge is 2.14. The highest BCUT2D eigenvalue weighted by atomic mass is 16.5. The molecular formula is C10H17NO. The van der Waals surface area contributed by atoms with Crippen molar-refractivity contribution in [3.8, 4) is 0 Å². The van der Waals surface area contributed by atoms with E-state index in [4.69, 9.17) is 4.74 Å². The van der Waals surface area contributed by atoms with Crippen molar-refractivity contribution in [1.82, 2.24) is 5.32 Å². The summed E-state index contributed by atoms with van der Waals surface area (Å²) in [7, 11) is 0. The van der Waals surface area contributed by atoms with Crippen molar-refractivity contribution in [2.24, 2.45) is 5.92 Å². The molecule has 0 aromatic carbocycles. The molecule has 2 heteroatoms. The molecule has 68 valence electrons. The molecule has 2 heterocycles. The molecule has 0 radical (unpaired) electrons. The maximum Gasteiger partial charge on any atom is 0.0529 e. The lowest BCUT2D eigenvalue weighted by Crippen LogP contribution is -2.18. The molecule has 2 saturated heterocycles. The van der Waals surface area contributed by atoms with Crippen LogP contribution in [0.15, 0.2) is 12.2 Å². The van der Waals surface area contributed by atoms with Gasteiger partial charge in [-0.3, -0.25) is 0 Å². The van der Waals surface area contributed by atoms with Crippen LogP contribution in [-0.4, -0.2) is 25.8 Å². The maximum atomic E-state index is 5.30. The van der Waals surface area contributed by atoms with E-state index < -0.39 is 0 Å². The summed E-state index contributed by atoms with van der Waals surface area (Å²) in [6.45, 7) is 3.08. The average Bonchev–Trinajstić information content (AvgIpc) is 2.74. The number of nitrogens with one attached hydrogen (secondary N) is 1. The van der Waals surface area contributed by atoms with Gasteiger partial charge in [-0.1, -0.05) is 12.2 Å². The van der Waals surface area contributed by atoms with Crippen LogP contribution in [0.4, 0.5) is 0 Å². The van der Waals surface area contributed by atoms with Gasteiger partial charge in [0.05, 0.1) is 6.61 Å². The van der Waals surface area contributed by atoms with Crippen LogP contribution < -0.4 is 5.32 Å². The largest absolute Gasteiger partial charge is 0.381 e. The summed E-state index contributed by atoms with van der Waals surface area (Å²) in [5.41, 5.74) is 0. The quantitative estimate of drug-likeness (QED) is 0.626. The molecule has 2 rings (SSSR count). The van der Waals surface area contributed by atoms with Gasteiger partial charge in [-0.25, -0.2) is 0 Å². The molecule has 2 nitrogen and oxygen atoms in total. The third-order valence-corrected chi connectivity index (χ3v) is 2.68.